The predicted octanol–water partition coefficient (Wildman–Crippen LogP) is 3.75. The average Bonchev–Trinajstić information content (AvgIpc) is 2.36. The van der Waals surface area contributed by atoms with Crippen molar-refractivity contribution >= 4 is 11.6 Å². The maximum atomic E-state index is 13.7. The van der Waals surface area contributed by atoms with Crippen molar-refractivity contribution in [1.29, 1.82) is 5.26 Å². The molecule has 1 fully saturated rings. The van der Waals surface area contributed by atoms with Crippen LogP contribution in [0.3, 0.4) is 0 Å². The molecule has 1 atom stereocenters. The molecule has 1 unspecified atom stereocenters. The van der Waals surface area contributed by atoms with Crippen LogP contribution >= 0.6 is 11.6 Å². The molecular formula is C14H16ClFN2. The Morgan fingerprint density at radius 2 is 2.28 bits per heavy atom. The monoisotopic (exact) mass is 266 g/mol. The quantitative estimate of drug-likeness (QED) is 0.833. The summed E-state index contributed by atoms with van der Waals surface area (Å²) in [6, 6.07) is 7.11. The maximum Gasteiger partial charge on any atom is 0.127 e. The van der Waals surface area contributed by atoms with Gasteiger partial charge in [-0.25, -0.2) is 4.39 Å². The Morgan fingerprint density at radius 3 is 3.06 bits per heavy atom. The van der Waals surface area contributed by atoms with Crippen molar-refractivity contribution in [2.75, 3.05) is 6.54 Å². The third-order valence-electron chi connectivity index (χ3n) is 3.46. The first kappa shape index (κ1) is 13.3. The van der Waals surface area contributed by atoms with Crippen LogP contribution in [0.4, 0.5) is 4.39 Å². The van der Waals surface area contributed by atoms with Gasteiger partial charge >= 0.3 is 0 Å². The molecule has 0 radical (unpaired) electrons. The van der Waals surface area contributed by atoms with Crippen molar-refractivity contribution in [3.8, 4) is 6.07 Å². The number of piperidine rings is 1. The summed E-state index contributed by atoms with van der Waals surface area (Å²) in [6.45, 7) is 1.47. The van der Waals surface area contributed by atoms with E-state index < -0.39 is 0 Å². The molecule has 1 aromatic carbocycles. The lowest BCUT2D eigenvalue weighted by Crippen LogP contribution is -2.38. The molecule has 0 aliphatic carbocycles. The van der Waals surface area contributed by atoms with E-state index in [0.717, 1.165) is 25.8 Å². The predicted molar refractivity (Wildman–Crippen MR) is 69.7 cm³/mol. The number of nitrogens with zero attached hydrogens (tertiary/aromatic N) is 2. The first-order valence-corrected chi connectivity index (χ1v) is 6.63. The highest BCUT2D eigenvalue weighted by Gasteiger charge is 2.23. The summed E-state index contributed by atoms with van der Waals surface area (Å²) < 4.78 is 13.7. The number of halogens is 2. The Kier molecular flexibility index (Phi) is 4.57. The molecule has 18 heavy (non-hydrogen) atoms. The van der Waals surface area contributed by atoms with E-state index in [1.807, 2.05) is 0 Å². The van der Waals surface area contributed by atoms with E-state index in [1.165, 1.54) is 6.07 Å². The van der Waals surface area contributed by atoms with Gasteiger partial charge in [0.25, 0.3) is 0 Å². The van der Waals surface area contributed by atoms with Crippen molar-refractivity contribution in [3.63, 3.8) is 0 Å². The first-order chi connectivity index (χ1) is 8.70. The van der Waals surface area contributed by atoms with Crippen LogP contribution in [0.5, 0.6) is 0 Å². The van der Waals surface area contributed by atoms with E-state index in [-0.39, 0.29) is 11.9 Å². The highest BCUT2D eigenvalue weighted by Crippen LogP contribution is 2.24. The molecule has 2 rings (SSSR count). The van der Waals surface area contributed by atoms with Gasteiger partial charge in [0.05, 0.1) is 12.5 Å². The second kappa shape index (κ2) is 6.17. The highest BCUT2D eigenvalue weighted by atomic mass is 35.5. The van der Waals surface area contributed by atoms with Gasteiger partial charge in [-0.3, -0.25) is 4.90 Å². The number of likely N-dealkylation sites (tertiary alicyclic amines) is 1. The van der Waals surface area contributed by atoms with E-state index in [2.05, 4.69) is 11.0 Å². The van der Waals surface area contributed by atoms with E-state index in [1.54, 1.807) is 12.1 Å². The molecule has 2 nitrogen and oxygen atoms in total. The lowest BCUT2D eigenvalue weighted by Gasteiger charge is -2.34. The average molecular weight is 267 g/mol. The Morgan fingerprint density at radius 1 is 1.44 bits per heavy atom. The van der Waals surface area contributed by atoms with Crippen LogP contribution in [-0.4, -0.2) is 17.5 Å². The van der Waals surface area contributed by atoms with Gasteiger partial charge in [0.15, 0.2) is 0 Å². The third-order valence-corrected chi connectivity index (χ3v) is 3.69. The molecule has 1 aliphatic rings. The van der Waals surface area contributed by atoms with Crippen LogP contribution in [0.15, 0.2) is 18.2 Å². The Bertz CT molecular complexity index is 456. The Hall–Kier alpha value is -1.11. The third kappa shape index (κ3) is 3.22. The molecular weight excluding hydrogens is 251 g/mol. The zero-order valence-electron chi connectivity index (χ0n) is 10.2. The number of hydrogen-bond donors (Lipinski definition) is 0. The second-order valence-electron chi connectivity index (χ2n) is 4.72. The van der Waals surface area contributed by atoms with Gasteiger partial charge < -0.3 is 0 Å². The fourth-order valence-corrected chi connectivity index (χ4v) is 2.68. The molecule has 0 amide bonds. The van der Waals surface area contributed by atoms with E-state index >= 15 is 0 Å². The van der Waals surface area contributed by atoms with Crippen LogP contribution in [0.25, 0.3) is 0 Å². The fourth-order valence-electron chi connectivity index (χ4n) is 2.49. The van der Waals surface area contributed by atoms with Gasteiger partial charge in [-0.1, -0.05) is 18.0 Å². The summed E-state index contributed by atoms with van der Waals surface area (Å²) in [5.74, 6) is -0.222. The van der Waals surface area contributed by atoms with Gasteiger partial charge in [0.2, 0.25) is 0 Å². The van der Waals surface area contributed by atoms with Crippen LogP contribution in [0.2, 0.25) is 5.02 Å². The van der Waals surface area contributed by atoms with Crippen LogP contribution in [0.1, 0.15) is 31.2 Å². The summed E-state index contributed by atoms with van der Waals surface area (Å²) in [4.78, 5) is 2.20. The Labute approximate surface area is 112 Å². The topological polar surface area (TPSA) is 27.0 Å². The standard InChI is InChI=1S/C14H16ClFN2/c15-12-4-5-14(16)11(9-12)10-18-8-2-1-3-13(18)6-7-17/h4-5,9,13H,1-3,6,8,10H2. The molecule has 4 heteroatoms. The van der Waals surface area contributed by atoms with Gasteiger partial charge in [-0.2, -0.15) is 5.26 Å². The highest BCUT2D eigenvalue weighted by molar-refractivity contribution is 6.30. The smallest absolute Gasteiger partial charge is 0.127 e. The molecule has 1 aliphatic heterocycles. The lowest BCUT2D eigenvalue weighted by atomic mass is 9.99. The molecule has 0 aromatic heterocycles. The summed E-state index contributed by atoms with van der Waals surface area (Å²) in [6.07, 6.45) is 3.81. The zero-order chi connectivity index (χ0) is 13.0. The zero-order valence-corrected chi connectivity index (χ0v) is 11.0. The Balaban J connectivity index is 2.11. The first-order valence-electron chi connectivity index (χ1n) is 6.25. The van der Waals surface area contributed by atoms with Gasteiger partial charge in [0, 0.05) is 23.2 Å². The number of nitriles is 1. The largest absolute Gasteiger partial charge is 0.295 e. The minimum atomic E-state index is -0.222. The van der Waals surface area contributed by atoms with Crippen LogP contribution in [0, 0.1) is 17.1 Å². The van der Waals surface area contributed by atoms with Crippen LogP contribution in [-0.2, 0) is 6.54 Å². The maximum absolute atomic E-state index is 13.7. The van der Waals surface area contributed by atoms with E-state index in [4.69, 9.17) is 16.9 Å². The molecule has 0 N–H and O–H groups in total. The molecule has 1 aromatic rings. The van der Waals surface area contributed by atoms with Gasteiger partial charge in [-0.15, -0.1) is 0 Å². The summed E-state index contributed by atoms with van der Waals surface area (Å²) in [5.41, 5.74) is 0.618. The second-order valence-corrected chi connectivity index (χ2v) is 5.15. The lowest BCUT2D eigenvalue weighted by molar-refractivity contribution is 0.141. The van der Waals surface area contributed by atoms with Crippen molar-refractivity contribution in [2.45, 2.75) is 38.3 Å². The SMILES string of the molecule is N#CCC1CCCCN1Cc1cc(Cl)ccc1F. The van der Waals surface area contributed by atoms with Crippen molar-refractivity contribution in [2.24, 2.45) is 0 Å². The van der Waals surface area contributed by atoms with Crippen LogP contribution < -0.4 is 0 Å². The molecule has 1 saturated heterocycles. The number of hydrogen-bond acceptors (Lipinski definition) is 2. The molecule has 96 valence electrons. The summed E-state index contributed by atoms with van der Waals surface area (Å²) in [5, 5.41) is 9.39. The molecule has 0 saturated carbocycles. The summed E-state index contributed by atoms with van der Waals surface area (Å²) >= 11 is 5.89. The fraction of sp³-hybridized carbons (Fsp3) is 0.500. The summed E-state index contributed by atoms with van der Waals surface area (Å²) in [7, 11) is 0. The van der Waals surface area contributed by atoms with E-state index in [9.17, 15) is 4.39 Å². The number of benzene rings is 1. The van der Waals surface area contributed by atoms with Crippen molar-refractivity contribution < 1.29 is 4.39 Å². The minimum Gasteiger partial charge on any atom is -0.295 e. The number of rotatable bonds is 3. The minimum absolute atomic E-state index is 0.222. The van der Waals surface area contributed by atoms with E-state index in [0.29, 0.717) is 23.6 Å². The molecule has 0 spiro atoms. The normalized spacial score (nSPS) is 20.6. The van der Waals surface area contributed by atoms with Gasteiger partial charge in [0.1, 0.15) is 5.82 Å². The van der Waals surface area contributed by atoms with Crippen molar-refractivity contribution in [3.05, 3.63) is 34.6 Å². The van der Waals surface area contributed by atoms with Gasteiger partial charge in [-0.05, 0) is 37.6 Å². The molecule has 1 heterocycles. The molecule has 0 bridgehead atoms. The van der Waals surface area contributed by atoms with Crippen molar-refractivity contribution in [1.82, 2.24) is 4.90 Å².